The van der Waals surface area contributed by atoms with Gasteiger partial charge in [0.15, 0.2) is 0 Å². The number of nitro benzene ring substituents is 1. The molecule has 2 unspecified atom stereocenters. The van der Waals surface area contributed by atoms with Crippen LogP contribution in [0, 0.1) is 24.0 Å². The van der Waals surface area contributed by atoms with Crippen LogP contribution in [0.5, 0.6) is 0 Å². The lowest BCUT2D eigenvalue weighted by molar-refractivity contribution is -0.384. The molecule has 0 heterocycles. The number of nitrogens with zero attached hydrogens (tertiary/aromatic N) is 1. The van der Waals surface area contributed by atoms with Gasteiger partial charge in [-0.05, 0) is 56.7 Å². The number of methoxy groups -OCH3 is 1. The van der Waals surface area contributed by atoms with Gasteiger partial charge >= 0.3 is 0 Å². The minimum Gasteiger partial charge on any atom is -0.381 e. The van der Waals surface area contributed by atoms with Crippen LogP contribution in [0.1, 0.15) is 36.8 Å². The second-order valence-corrected chi connectivity index (χ2v) is 5.58. The Bertz CT molecular complexity index is 502. The van der Waals surface area contributed by atoms with Crippen LogP contribution >= 0.6 is 0 Å². The Morgan fingerprint density at radius 1 is 1.30 bits per heavy atom. The fraction of sp³-hybridized carbons (Fsp3) is 0.600. The van der Waals surface area contributed by atoms with Gasteiger partial charge in [0.1, 0.15) is 5.69 Å². The smallest absolute Gasteiger partial charge is 0.292 e. The van der Waals surface area contributed by atoms with Gasteiger partial charge in [0.05, 0.1) is 11.0 Å². The molecule has 0 aromatic heterocycles. The van der Waals surface area contributed by atoms with E-state index in [1.54, 1.807) is 13.2 Å². The lowest BCUT2D eigenvalue weighted by Crippen LogP contribution is -2.31. The Balaban J connectivity index is 2.19. The SMILES string of the molecule is COC1CCCC(Nc2cc(C)c(C)cc2[N+](=O)[O-])C1. The summed E-state index contributed by atoms with van der Waals surface area (Å²) >= 11 is 0. The Kier molecular flexibility index (Phi) is 4.60. The summed E-state index contributed by atoms with van der Waals surface area (Å²) in [7, 11) is 1.73. The Labute approximate surface area is 119 Å². The van der Waals surface area contributed by atoms with Gasteiger partial charge in [-0.3, -0.25) is 10.1 Å². The molecule has 1 aromatic rings. The van der Waals surface area contributed by atoms with E-state index in [0.29, 0.717) is 5.69 Å². The summed E-state index contributed by atoms with van der Waals surface area (Å²) in [5.41, 5.74) is 2.80. The highest BCUT2D eigenvalue weighted by molar-refractivity contribution is 5.65. The summed E-state index contributed by atoms with van der Waals surface area (Å²) in [6, 6.07) is 3.77. The third-order valence-electron chi connectivity index (χ3n) is 4.13. The van der Waals surface area contributed by atoms with Gasteiger partial charge in [0.2, 0.25) is 0 Å². The largest absolute Gasteiger partial charge is 0.381 e. The van der Waals surface area contributed by atoms with Crippen molar-refractivity contribution in [2.24, 2.45) is 0 Å². The average Bonchev–Trinajstić information content (AvgIpc) is 2.42. The summed E-state index contributed by atoms with van der Waals surface area (Å²) < 4.78 is 5.41. The van der Waals surface area contributed by atoms with Crippen molar-refractivity contribution in [3.63, 3.8) is 0 Å². The lowest BCUT2D eigenvalue weighted by Gasteiger charge is -2.29. The molecule has 2 rings (SSSR count). The summed E-state index contributed by atoms with van der Waals surface area (Å²) in [5.74, 6) is 0. The number of ether oxygens (including phenoxy) is 1. The van der Waals surface area contributed by atoms with Crippen LogP contribution in [0.2, 0.25) is 0 Å². The van der Waals surface area contributed by atoms with Gasteiger partial charge in [-0.25, -0.2) is 0 Å². The molecule has 1 saturated carbocycles. The number of hydrogen-bond acceptors (Lipinski definition) is 4. The van der Waals surface area contributed by atoms with Crippen LogP contribution < -0.4 is 5.32 Å². The minimum absolute atomic E-state index is 0.160. The maximum absolute atomic E-state index is 11.2. The van der Waals surface area contributed by atoms with Gasteiger partial charge < -0.3 is 10.1 Å². The summed E-state index contributed by atoms with van der Waals surface area (Å²) in [4.78, 5) is 10.9. The van der Waals surface area contributed by atoms with Crippen molar-refractivity contribution >= 4 is 11.4 Å². The van der Waals surface area contributed by atoms with Gasteiger partial charge in [0, 0.05) is 19.2 Å². The van der Waals surface area contributed by atoms with Crippen LogP contribution in [-0.4, -0.2) is 24.2 Å². The van der Waals surface area contributed by atoms with E-state index in [2.05, 4.69) is 5.32 Å². The number of rotatable bonds is 4. The number of benzene rings is 1. The molecule has 0 spiro atoms. The highest BCUT2D eigenvalue weighted by atomic mass is 16.6. The molecule has 1 fully saturated rings. The topological polar surface area (TPSA) is 64.4 Å². The van der Waals surface area contributed by atoms with E-state index in [0.717, 1.165) is 36.8 Å². The number of hydrogen-bond donors (Lipinski definition) is 1. The zero-order valence-electron chi connectivity index (χ0n) is 12.3. The minimum atomic E-state index is -0.314. The van der Waals surface area contributed by atoms with Crippen molar-refractivity contribution in [3.8, 4) is 0 Å². The highest BCUT2D eigenvalue weighted by Crippen LogP contribution is 2.31. The van der Waals surface area contributed by atoms with Crippen molar-refractivity contribution in [1.82, 2.24) is 0 Å². The van der Waals surface area contributed by atoms with E-state index in [1.807, 2.05) is 19.9 Å². The van der Waals surface area contributed by atoms with Crippen molar-refractivity contribution in [2.45, 2.75) is 51.7 Å². The van der Waals surface area contributed by atoms with E-state index in [4.69, 9.17) is 4.74 Å². The Morgan fingerprint density at radius 3 is 2.65 bits per heavy atom. The maximum atomic E-state index is 11.2. The van der Waals surface area contributed by atoms with Crippen LogP contribution in [-0.2, 0) is 4.74 Å². The molecule has 0 saturated heterocycles. The van der Waals surface area contributed by atoms with Gasteiger partial charge in [-0.15, -0.1) is 0 Å². The highest BCUT2D eigenvalue weighted by Gasteiger charge is 2.24. The van der Waals surface area contributed by atoms with Crippen LogP contribution in [0.3, 0.4) is 0 Å². The van der Waals surface area contributed by atoms with Gasteiger partial charge in [-0.2, -0.15) is 0 Å². The maximum Gasteiger partial charge on any atom is 0.292 e. The van der Waals surface area contributed by atoms with Gasteiger partial charge in [0.25, 0.3) is 5.69 Å². The standard InChI is InChI=1S/C15H22N2O3/c1-10-7-14(15(17(18)19)8-11(10)2)16-12-5-4-6-13(9-12)20-3/h7-8,12-13,16H,4-6,9H2,1-3H3. The summed E-state index contributed by atoms with van der Waals surface area (Å²) in [5, 5.41) is 14.5. The molecule has 5 nitrogen and oxygen atoms in total. The first kappa shape index (κ1) is 14.8. The van der Waals surface area contributed by atoms with Crippen molar-refractivity contribution < 1.29 is 9.66 Å². The monoisotopic (exact) mass is 278 g/mol. The van der Waals surface area contributed by atoms with Gasteiger partial charge in [-0.1, -0.05) is 0 Å². The first-order valence-corrected chi connectivity index (χ1v) is 7.06. The van der Waals surface area contributed by atoms with Crippen molar-refractivity contribution in [2.75, 3.05) is 12.4 Å². The second kappa shape index (κ2) is 6.22. The predicted molar refractivity (Wildman–Crippen MR) is 79.2 cm³/mol. The fourth-order valence-corrected chi connectivity index (χ4v) is 2.78. The number of nitrogens with one attached hydrogen (secondary N) is 1. The molecule has 0 bridgehead atoms. The predicted octanol–water partition coefficient (Wildman–Crippen LogP) is 3.58. The van der Waals surface area contributed by atoms with E-state index in [-0.39, 0.29) is 22.8 Å². The molecule has 20 heavy (non-hydrogen) atoms. The third kappa shape index (κ3) is 3.28. The number of aryl methyl sites for hydroxylation is 2. The third-order valence-corrected chi connectivity index (χ3v) is 4.13. The molecule has 1 aliphatic carbocycles. The van der Waals surface area contributed by atoms with E-state index in [1.165, 1.54) is 0 Å². The lowest BCUT2D eigenvalue weighted by atomic mass is 9.92. The molecule has 0 amide bonds. The van der Waals surface area contributed by atoms with Crippen LogP contribution in [0.4, 0.5) is 11.4 Å². The van der Waals surface area contributed by atoms with Crippen LogP contribution in [0.25, 0.3) is 0 Å². The molecule has 110 valence electrons. The van der Waals surface area contributed by atoms with E-state index >= 15 is 0 Å². The van der Waals surface area contributed by atoms with Crippen molar-refractivity contribution in [1.29, 1.82) is 0 Å². The first-order valence-electron chi connectivity index (χ1n) is 7.06. The quantitative estimate of drug-likeness (QED) is 0.675. The van der Waals surface area contributed by atoms with Crippen molar-refractivity contribution in [3.05, 3.63) is 33.4 Å². The number of anilines is 1. The zero-order chi connectivity index (χ0) is 14.7. The molecule has 1 aromatic carbocycles. The molecule has 0 aliphatic heterocycles. The molecular weight excluding hydrogens is 256 g/mol. The first-order chi connectivity index (χ1) is 9.51. The van der Waals surface area contributed by atoms with E-state index < -0.39 is 0 Å². The van der Waals surface area contributed by atoms with Crippen LogP contribution in [0.15, 0.2) is 12.1 Å². The summed E-state index contributed by atoms with van der Waals surface area (Å²) in [6.45, 7) is 3.87. The molecule has 1 aliphatic rings. The molecular formula is C15H22N2O3. The average molecular weight is 278 g/mol. The fourth-order valence-electron chi connectivity index (χ4n) is 2.78. The summed E-state index contributed by atoms with van der Waals surface area (Å²) in [6.07, 6.45) is 4.36. The molecule has 2 atom stereocenters. The molecule has 0 radical (unpaired) electrons. The molecule has 1 N–H and O–H groups in total. The molecule has 5 heteroatoms. The second-order valence-electron chi connectivity index (χ2n) is 5.58. The van der Waals surface area contributed by atoms with E-state index in [9.17, 15) is 10.1 Å². The Hall–Kier alpha value is -1.62. The Morgan fingerprint density at radius 2 is 2.00 bits per heavy atom. The normalized spacial score (nSPS) is 22.6. The zero-order valence-corrected chi connectivity index (χ0v) is 12.3. The number of nitro groups is 1.